The smallest absolute Gasteiger partial charge is 0.191 e. The van der Waals surface area contributed by atoms with Gasteiger partial charge in [-0.15, -0.1) is 24.0 Å². The number of likely N-dealkylation sites (N-methyl/N-ethyl adjacent to an activating group) is 1. The molecule has 1 aliphatic carbocycles. The van der Waals surface area contributed by atoms with Crippen LogP contribution in [0, 0.1) is 5.41 Å². The Bertz CT molecular complexity index is 365. The summed E-state index contributed by atoms with van der Waals surface area (Å²) in [6.45, 7) is 13.3. The molecule has 1 saturated heterocycles. The van der Waals surface area contributed by atoms with E-state index in [1.54, 1.807) is 0 Å². The van der Waals surface area contributed by atoms with Crippen molar-refractivity contribution in [2.75, 3.05) is 59.4 Å². The van der Waals surface area contributed by atoms with E-state index in [9.17, 15) is 0 Å². The maximum Gasteiger partial charge on any atom is 0.191 e. The fourth-order valence-corrected chi connectivity index (χ4v) is 3.54. The monoisotopic (exact) mass is 451 g/mol. The van der Waals surface area contributed by atoms with E-state index in [1.807, 2.05) is 0 Å². The average molecular weight is 451 g/mol. The summed E-state index contributed by atoms with van der Waals surface area (Å²) in [6, 6.07) is 0. The highest BCUT2D eigenvalue weighted by Crippen LogP contribution is 2.43. The third-order valence-corrected chi connectivity index (χ3v) is 5.61. The van der Waals surface area contributed by atoms with E-state index in [2.05, 4.69) is 41.3 Å². The second kappa shape index (κ2) is 11.5. The number of guanidine groups is 1. The maximum absolute atomic E-state index is 4.86. The van der Waals surface area contributed by atoms with Crippen molar-refractivity contribution in [2.45, 2.75) is 46.0 Å². The third-order valence-electron chi connectivity index (χ3n) is 5.61. The van der Waals surface area contributed by atoms with Crippen LogP contribution in [-0.4, -0.2) is 75.2 Å². The van der Waals surface area contributed by atoms with Gasteiger partial charge < -0.3 is 20.4 Å². The molecule has 0 bridgehead atoms. The van der Waals surface area contributed by atoms with Gasteiger partial charge in [-0.1, -0.05) is 13.3 Å². The summed E-state index contributed by atoms with van der Waals surface area (Å²) in [4.78, 5) is 9.86. The molecule has 0 aromatic heterocycles. The quantitative estimate of drug-likeness (QED) is 0.355. The summed E-state index contributed by atoms with van der Waals surface area (Å²) >= 11 is 0. The van der Waals surface area contributed by atoms with Gasteiger partial charge in [-0.05, 0) is 58.2 Å². The number of aliphatic imine (C=N–C) groups is 1. The fourth-order valence-electron chi connectivity index (χ4n) is 3.54. The van der Waals surface area contributed by atoms with Gasteiger partial charge >= 0.3 is 0 Å². The van der Waals surface area contributed by atoms with Crippen LogP contribution in [0.3, 0.4) is 0 Å². The van der Waals surface area contributed by atoms with E-state index in [-0.39, 0.29) is 24.0 Å². The predicted molar refractivity (Wildman–Crippen MR) is 115 cm³/mol. The van der Waals surface area contributed by atoms with Crippen molar-refractivity contribution in [3.63, 3.8) is 0 Å². The number of nitrogens with zero attached hydrogens (tertiary/aromatic N) is 3. The van der Waals surface area contributed by atoms with Gasteiger partial charge in [0, 0.05) is 39.3 Å². The van der Waals surface area contributed by atoms with Gasteiger partial charge in [-0.3, -0.25) is 4.99 Å². The topological polar surface area (TPSA) is 42.9 Å². The van der Waals surface area contributed by atoms with Crippen LogP contribution in [0.5, 0.6) is 0 Å². The average Bonchev–Trinajstić information content (AvgIpc) is 2.71. The molecule has 5 nitrogen and oxygen atoms in total. The largest absolute Gasteiger partial charge is 0.357 e. The van der Waals surface area contributed by atoms with E-state index in [4.69, 9.17) is 4.99 Å². The Morgan fingerprint density at radius 3 is 2.46 bits per heavy atom. The van der Waals surface area contributed by atoms with Gasteiger partial charge in [-0.25, -0.2) is 0 Å². The van der Waals surface area contributed by atoms with Gasteiger partial charge in [-0.2, -0.15) is 0 Å². The zero-order valence-electron chi connectivity index (χ0n) is 15.9. The van der Waals surface area contributed by atoms with Gasteiger partial charge in [0.05, 0.1) is 0 Å². The van der Waals surface area contributed by atoms with Gasteiger partial charge in [0.2, 0.25) is 0 Å². The molecule has 2 fully saturated rings. The standard InChI is InChI=1S/C18H37N5.HI/c1-4-18(8-6-9-18)16-21-17(19-5-2)20-10-13-23-12-7-11-22(3)14-15-23;/h4-16H2,1-3H3,(H2,19,20,21);1H. The Morgan fingerprint density at radius 2 is 1.83 bits per heavy atom. The van der Waals surface area contributed by atoms with Crippen molar-refractivity contribution in [3.8, 4) is 0 Å². The first-order chi connectivity index (χ1) is 11.2. The Hall–Kier alpha value is -0.0800. The number of halogens is 1. The van der Waals surface area contributed by atoms with E-state index in [1.165, 1.54) is 58.3 Å². The molecule has 2 N–H and O–H groups in total. The van der Waals surface area contributed by atoms with Crippen LogP contribution in [-0.2, 0) is 0 Å². The van der Waals surface area contributed by atoms with Crippen molar-refractivity contribution in [3.05, 3.63) is 0 Å². The molecule has 2 aliphatic rings. The van der Waals surface area contributed by atoms with Crippen LogP contribution >= 0.6 is 24.0 Å². The molecule has 1 aliphatic heterocycles. The second-order valence-corrected chi connectivity index (χ2v) is 7.33. The maximum atomic E-state index is 4.86. The van der Waals surface area contributed by atoms with Gasteiger partial charge in [0.15, 0.2) is 5.96 Å². The first kappa shape index (κ1) is 22.0. The number of hydrogen-bond acceptors (Lipinski definition) is 3. The van der Waals surface area contributed by atoms with Gasteiger partial charge in [0.25, 0.3) is 0 Å². The van der Waals surface area contributed by atoms with Crippen molar-refractivity contribution >= 4 is 29.9 Å². The summed E-state index contributed by atoms with van der Waals surface area (Å²) in [5, 5.41) is 6.92. The predicted octanol–water partition coefficient (Wildman–Crippen LogP) is 2.38. The molecule has 1 saturated carbocycles. The van der Waals surface area contributed by atoms with E-state index in [0.29, 0.717) is 5.41 Å². The minimum Gasteiger partial charge on any atom is -0.357 e. The molecule has 142 valence electrons. The highest BCUT2D eigenvalue weighted by atomic mass is 127. The van der Waals surface area contributed by atoms with Crippen molar-refractivity contribution in [2.24, 2.45) is 10.4 Å². The highest BCUT2D eigenvalue weighted by Gasteiger charge is 2.34. The van der Waals surface area contributed by atoms with Crippen LogP contribution < -0.4 is 10.6 Å². The zero-order chi connectivity index (χ0) is 16.5. The number of rotatable bonds is 7. The summed E-state index contributed by atoms with van der Waals surface area (Å²) in [5.74, 6) is 0.999. The lowest BCUT2D eigenvalue weighted by Crippen LogP contribution is -2.43. The number of nitrogens with one attached hydrogen (secondary N) is 2. The van der Waals surface area contributed by atoms with Crippen molar-refractivity contribution < 1.29 is 0 Å². The minimum absolute atomic E-state index is 0. The zero-order valence-corrected chi connectivity index (χ0v) is 18.3. The Kier molecular flexibility index (Phi) is 10.5. The normalized spacial score (nSPS) is 22.2. The Morgan fingerprint density at radius 1 is 1.04 bits per heavy atom. The summed E-state index contributed by atoms with van der Waals surface area (Å²) in [5.41, 5.74) is 0.498. The second-order valence-electron chi connectivity index (χ2n) is 7.33. The third kappa shape index (κ3) is 7.04. The van der Waals surface area contributed by atoms with E-state index < -0.39 is 0 Å². The van der Waals surface area contributed by atoms with Crippen LogP contribution in [0.15, 0.2) is 4.99 Å². The molecular weight excluding hydrogens is 413 g/mol. The summed E-state index contributed by atoms with van der Waals surface area (Å²) < 4.78 is 0. The lowest BCUT2D eigenvalue weighted by atomic mass is 9.67. The fraction of sp³-hybridized carbons (Fsp3) is 0.944. The molecule has 0 aromatic rings. The Balaban J connectivity index is 0.00000288. The highest BCUT2D eigenvalue weighted by molar-refractivity contribution is 14.0. The van der Waals surface area contributed by atoms with Crippen LogP contribution in [0.1, 0.15) is 46.0 Å². The molecule has 0 amide bonds. The van der Waals surface area contributed by atoms with Crippen LogP contribution in [0.4, 0.5) is 0 Å². The minimum atomic E-state index is 0. The van der Waals surface area contributed by atoms with Crippen molar-refractivity contribution in [1.82, 2.24) is 20.4 Å². The van der Waals surface area contributed by atoms with Crippen molar-refractivity contribution in [1.29, 1.82) is 0 Å². The molecule has 0 radical (unpaired) electrons. The molecular formula is C18H38IN5. The molecule has 1 heterocycles. The first-order valence-electron chi connectivity index (χ1n) is 9.60. The molecule has 0 unspecified atom stereocenters. The van der Waals surface area contributed by atoms with E-state index in [0.717, 1.165) is 32.1 Å². The summed E-state index contributed by atoms with van der Waals surface area (Å²) in [6.07, 6.45) is 6.64. The lowest BCUT2D eigenvalue weighted by molar-refractivity contribution is 0.139. The molecule has 24 heavy (non-hydrogen) atoms. The lowest BCUT2D eigenvalue weighted by Gasteiger charge is -2.40. The molecule has 0 spiro atoms. The number of hydrogen-bond donors (Lipinski definition) is 2. The van der Waals surface area contributed by atoms with Gasteiger partial charge in [0.1, 0.15) is 0 Å². The van der Waals surface area contributed by atoms with Crippen LogP contribution in [0.25, 0.3) is 0 Å². The molecule has 6 heteroatoms. The molecule has 2 rings (SSSR count). The Labute approximate surface area is 166 Å². The van der Waals surface area contributed by atoms with Crippen LogP contribution in [0.2, 0.25) is 0 Å². The van der Waals surface area contributed by atoms with E-state index >= 15 is 0 Å². The summed E-state index contributed by atoms with van der Waals surface area (Å²) in [7, 11) is 2.22. The SMILES string of the molecule is CCNC(=NCC1(CC)CCC1)NCCN1CCCN(C)CC1.I. The molecule has 0 aromatic carbocycles. The molecule has 0 atom stereocenters. The first-order valence-corrected chi connectivity index (χ1v) is 9.60.